The lowest BCUT2D eigenvalue weighted by atomic mass is 10.2. The summed E-state index contributed by atoms with van der Waals surface area (Å²) in [6.45, 7) is 0.790. The van der Waals surface area contributed by atoms with Gasteiger partial charge in [0.05, 0.1) is 6.54 Å². The van der Waals surface area contributed by atoms with E-state index in [-0.39, 0.29) is 30.3 Å². The zero-order valence-corrected chi connectivity index (χ0v) is 11.2. The monoisotopic (exact) mass is 291 g/mol. The van der Waals surface area contributed by atoms with Crippen molar-refractivity contribution in [1.82, 2.24) is 15.5 Å². The van der Waals surface area contributed by atoms with E-state index in [4.69, 9.17) is 9.26 Å². The number of carbonyl (C=O) groups excluding carboxylic acids is 1. The van der Waals surface area contributed by atoms with Crippen LogP contribution in [0.2, 0.25) is 0 Å². The summed E-state index contributed by atoms with van der Waals surface area (Å²) in [6, 6.07) is 5.74. The van der Waals surface area contributed by atoms with E-state index in [9.17, 15) is 9.18 Å². The number of aromatic nitrogens is 2. The summed E-state index contributed by atoms with van der Waals surface area (Å²) in [4.78, 5) is 15.9. The van der Waals surface area contributed by atoms with E-state index in [0.717, 1.165) is 12.8 Å². The van der Waals surface area contributed by atoms with Gasteiger partial charge in [0, 0.05) is 12.2 Å². The molecule has 3 rings (SSSR count). The van der Waals surface area contributed by atoms with Crippen LogP contribution in [0, 0.1) is 5.82 Å². The zero-order chi connectivity index (χ0) is 14.7. The molecule has 1 amide bonds. The summed E-state index contributed by atoms with van der Waals surface area (Å²) in [5.41, 5.74) is 0.626. The number of hydrogen-bond donors (Lipinski definition) is 1. The first-order valence-corrected chi connectivity index (χ1v) is 6.70. The molecular formula is C14H14FN3O3. The molecule has 1 saturated heterocycles. The average Bonchev–Trinajstić information content (AvgIpc) is 3.17. The number of nitrogens with zero attached hydrogens (tertiary/aromatic N) is 2. The van der Waals surface area contributed by atoms with Crippen molar-refractivity contribution in [2.75, 3.05) is 6.61 Å². The van der Waals surface area contributed by atoms with Crippen molar-refractivity contribution in [3.8, 4) is 11.5 Å². The standard InChI is InChI=1S/C14H14FN3O3/c15-10-5-3-9(4-6-10)14-17-12(18-21-14)8-16-13(19)11-2-1-7-20-11/h3-6,11H,1-2,7-8H2,(H,16,19)/t11-/m0/s1. The topological polar surface area (TPSA) is 77.3 Å². The van der Waals surface area contributed by atoms with Crippen molar-refractivity contribution in [2.45, 2.75) is 25.5 Å². The quantitative estimate of drug-likeness (QED) is 0.927. The first kappa shape index (κ1) is 13.7. The van der Waals surface area contributed by atoms with Crippen LogP contribution in [0.3, 0.4) is 0 Å². The Kier molecular flexibility index (Phi) is 3.92. The molecule has 2 aromatic rings. The number of ether oxygens (including phenoxy) is 1. The molecule has 21 heavy (non-hydrogen) atoms. The summed E-state index contributed by atoms with van der Waals surface area (Å²) in [6.07, 6.45) is 1.25. The third kappa shape index (κ3) is 3.25. The molecule has 2 heterocycles. The Morgan fingerprint density at radius 2 is 2.19 bits per heavy atom. The minimum Gasteiger partial charge on any atom is -0.368 e. The van der Waals surface area contributed by atoms with Gasteiger partial charge in [-0.25, -0.2) is 4.39 Å². The van der Waals surface area contributed by atoms with Crippen LogP contribution < -0.4 is 5.32 Å². The van der Waals surface area contributed by atoms with Crippen LogP contribution in [0.4, 0.5) is 4.39 Å². The van der Waals surface area contributed by atoms with E-state index in [2.05, 4.69) is 15.5 Å². The largest absolute Gasteiger partial charge is 0.368 e. The highest BCUT2D eigenvalue weighted by Gasteiger charge is 2.23. The normalized spacial score (nSPS) is 17.9. The predicted molar refractivity (Wildman–Crippen MR) is 70.5 cm³/mol. The Bertz CT molecular complexity index is 621. The van der Waals surface area contributed by atoms with E-state index in [1.165, 1.54) is 12.1 Å². The highest BCUT2D eigenvalue weighted by molar-refractivity contribution is 5.80. The van der Waals surface area contributed by atoms with Gasteiger partial charge in [0.1, 0.15) is 11.9 Å². The predicted octanol–water partition coefficient (Wildman–Crippen LogP) is 1.67. The molecule has 0 radical (unpaired) electrons. The number of hydrogen-bond acceptors (Lipinski definition) is 5. The summed E-state index contributed by atoms with van der Waals surface area (Å²) < 4.78 is 23.2. The maximum Gasteiger partial charge on any atom is 0.257 e. The molecule has 0 bridgehead atoms. The van der Waals surface area contributed by atoms with Crippen molar-refractivity contribution >= 4 is 5.91 Å². The summed E-state index contributed by atoms with van der Waals surface area (Å²) in [5, 5.41) is 6.48. The van der Waals surface area contributed by atoms with Gasteiger partial charge in [0.15, 0.2) is 5.82 Å². The van der Waals surface area contributed by atoms with Crippen LogP contribution in [0.25, 0.3) is 11.5 Å². The van der Waals surface area contributed by atoms with E-state index in [0.29, 0.717) is 18.0 Å². The zero-order valence-electron chi connectivity index (χ0n) is 11.2. The van der Waals surface area contributed by atoms with Crippen molar-refractivity contribution in [2.24, 2.45) is 0 Å². The molecular weight excluding hydrogens is 277 g/mol. The number of amides is 1. The average molecular weight is 291 g/mol. The molecule has 0 saturated carbocycles. The van der Waals surface area contributed by atoms with Crippen molar-refractivity contribution in [3.63, 3.8) is 0 Å². The Balaban J connectivity index is 1.60. The second-order valence-electron chi connectivity index (χ2n) is 4.74. The van der Waals surface area contributed by atoms with Gasteiger partial charge in [-0.15, -0.1) is 0 Å². The van der Waals surface area contributed by atoms with Gasteiger partial charge >= 0.3 is 0 Å². The fourth-order valence-electron chi connectivity index (χ4n) is 2.10. The first-order valence-electron chi connectivity index (χ1n) is 6.70. The van der Waals surface area contributed by atoms with Gasteiger partial charge in [-0.1, -0.05) is 5.16 Å². The fraction of sp³-hybridized carbons (Fsp3) is 0.357. The van der Waals surface area contributed by atoms with Crippen molar-refractivity contribution < 1.29 is 18.4 Å². The molecule has 1 N–H and O–H groups in total. The lowest BCUT2D eigenvalue weighted by molar-refractivity contribution is -0.130. The van der Waals surface area contributed by atoms with Gasteiger partial charge in [-0.2, -0.15) is 4.98 Å². The second-order valence-corrected chi connectivity index (χ2v) is 4.74. The van der Waals surface area contributed by atoms with Crippen LogP contribution in [0.1, 0.15) is 18.7 Å². The third-order valence-corrected chi connectivity index (χ3v) is 3.20. The van der Waals surface area contributed by atoms with Crippen LogP contribution >= 0.6 is 0 Å². The molecule has 1 aliphatic heterocycles. The van der Waals surface area contributed by atoms with E-state index >= 15 is 0 Å². The van der Waals surface area contributed by atoms with Gasteiger partial charge in [-0.3, -0.25) is 4.79 Å². The lowest BCUT2D eigenvalue weighted by Crippen LogP contribution is -2.33. The molecule has 1 atom stereocenters. The Hall–Kier alpha value is -2.28. The molecule has 1 aliphatic rings. The van der Waals surface area contributed by atoms with Crippen LogP contribution in [0.15, 0.2) is 28.8 Å². The van der Waals surface area contributed by atoms with Crippen molar-refractivity contribution in [1.29, 1.82) is 0 Å². The fourth-order valence-corrected chi connectivity index (χ4v) is 2.10. The molecule has 1 fully saturated rings. The Morgan fingerprint density at radius 3 is 2.90 bits per heavy atom. The minimum atomic E-state index is -0.381. The molecule has 0 spiro atoms. The van der Waals surface area contributed by atoms with Gasteiger partial charge in [-0.05, 0) is 37.1 Å². The molecule has 0 aliphatic carbocycles. The first-order chi connectivity index (χ1) is 10.2. The van der Waals surface area contributed by atoms with Crippen LogP contribution in [-0.2, 0) is 16.1 Å². The second kappa shape index (κ2) is 6.01. The summed E-state index contributed by atoms with van der Waals surface area (Å²) in [5.74, 6) is 0.153. The molecule has 6 nitrogen and oxygen atoms in total. The van der Waals surface area contributed by atoms with Crippen LogP contribution in [-0.4, -0.2) is 28.8 Å². The molecule has 1 aromatic carbocycles. The van der Waals surface area contributed by atoms with E-state index in [1.807, 2.05) is 0 Å². The molecule has 7 heteroatoms. The summed E-state index contributed by atoms with van der Waals surface area (Å²) >= 11 is 0. The van der Waals surface area contributed by atoms with Gasteiger partial charge in [0.2, 0.25) is 5.91 Å². The van der Waals surface area contributed by atoms with E-state index < -0.39 is 0 Å². The van der Waals surface area contributed by atoms with Crippen LogP contribution in [0.5, 0.6) is 0 Å². The smallest absolute Gasteiger partial charge is 0.257 e. The molecule has 1 aromatic heterocycles. The van der Waals surface area contributed by atoms with Crippen molar-refractivity contribution in [3.05, 3.63) is 35.9 Å². The number of carbonyl (C=O) groups is 1. The van der Waals surface area contributed by atoms with Gasteiger partial charge in [0.25, 0.3) is 5.89 Å². The SMILES string of the molecule is O=C(NCc1noc(-c2ccc(F)cc2)n1)[C@@H]1CCCO1. The number of benzene rings is 1. The highest BCUT2D eigenvalue weighted by Crippen LogP contribution is 2.17. The van der Waals surface area contributed by atoms with E-state index in [1.54, 1.807) is 12.1 Å². The molecule has 0 unspecified atom stereocenters. The number of nitrogens with one attached hydrogen (secondary N) is 1. The maximum atomic E-state index is 12.8. The Labute approximate surface area is 120 Å². The molecule has 110 valence electrons. The number of rotatable bonds is 4. The lowest BCUT2D eigenvalue weighted by Gasteiger charge is -2.08. The van der Waals surface area contributed by atoms with Gasteiger partial charge < -0.3 is 14.6 Å². The Morgan fingerprint density at radius 1 is 1.38 bits per heavy atom. The third-order valence-electron chi connectivity index (χ3n) is 3.20. The minimum absolute atomic E-state index is 0.166. The maximum absolute atomic E-state index is 12.8. The highest BCUT2D eigenvalue weighted by atomic mass is 19.1. The summed E-state index contributed by atoms with van der Waals surface area (Å²) in [7, 11) is 0. The number of halogens is 1.